The van der Waals surface area contributed by atoms with Gasteiger partial charge in [0.2, 0.25) is 5.91 Å². The van der Waals surface area contributed by atoms with E-state index in [1.54, 1.807) is 6.92 Å². The maximum atomic E-state index is 12.8. The van der Waals surface area contributed by atoms with Gasteiger partial charge in [0.1, 0.15) is 0 Å². The fourth-order valence-corrected chi connectivity index (χ4v) is 3.77. The highest BCUT2D eigenvalue weighted by molar-refractivity contribution is 5.82. The Balaban J connectivity index is 2.10. The maximum absolute atomic E-state index is 12.8. The number of hydrogen-bond donors (Lipinski definition) is 1. The van der Waals surface area contributed by atoms with Crippen LogP contribution in [0.5, 0.6) is 0 Å². The van der Waals surface area contributed by atoms with Crippen LogP contribution >= 0.6 is 0 Å². The molecular formula is C16H27NO3. The van der Waals surface area contributed by atoms with Gasteiger partial charge in [-0.25, -0.2) is 0 Å². The van der Waals surface area contributed by atoms with Crippen molar-refractivity contribution in [1.29, 1.82) is 0 Å². The first-order valence-corrected chi connectivity index (χ1v) is 7.78. The quantitative estimate of drug-likeness (QED) is 0.846. The van der Waals surface area contributed by atoms with Crippen LogP contribution in [-0.2, 0) is 9.59 Å². The lowest BCUT2D eigenvalue weighted by Crippen LogP contribution is -2.52. The van der Waals surface area contributed by atoms with Gasteiger partial charge in [-0.2, -0.15) is 0 Å². The number of nitrogens with zero attached hydrogens (tertiary/aromatic N) is 1. The third-order valence-corrected chi connectivity index (χ3v) is 5.33. The standard InChI is InChI=1S/C16H27NO3/c1-15(2)8-5-4-7-12(15)13(18)17-10-6-9-16(3,11-17)14(19)20/h12H,4-11H2,1-3H3,(H,19,20). The molecule has 0 aromatic carbocycles. The second kappa shape index (κ2) is 5.38. The first kappa shape index (κ1) is 15.3. The highest BCUT2D eigenvalue weighted by Gasteiger charge is 2.44. The monoisotopic (exact) mass is 281 g/mol. The zero-order valence-corrected chi connectivity index (χ0v) is 12.9. The van der Waals surface area contributed by atoms with Crippen molar-refractivity contribution >= 4 is 11.9 Å². The van der Waals surface area contributed by atoms with Gasteiger partial charge in [0.15, 0.2) is 0 Å². The van der Waals surface area contributed by atoms with Gasteiger partial charge in [-0.15, -0.1) is 0 Å². The fourth-order valence-electron chi connectivity index (χ4n) is 3.77. The number of likely N-dealkylation sites (tertiary alicyclic amines) is 1. The number of aliphatic carboxylic acids is 1. The molecule has 1 aliphatic heterocycles. The van der Waals surface area contributed by atoms with Crippen molar-refractivity contribution in [3.05, 3.63) is 0 Å². The van der Waals surface area contributed by atoms with E-state index in [0.717, 1.165) is 25.7 Å². The lowest BCUT2D eigenvalue weighted by atomic mass is 9.68. The molecule has 2 atom stereocenters. The molecule has 2 aliphatic rings. The van der Waals surface area contributed by atoms with Crippen molar-refractivity contribution in [2.24, 2.45) is 16.7 Å². The highest BCUT2D eigenvalue weighted by Crippen LogP contribution is 2.42. The summed E-state index contributed by atoms with van der Waals surface area (Å²) in [5.74, 6) is -0.535. The van der Waals surface area contributed by atoms with Crippen molar-refractivity contribution in [3.63, 3.8) is 0 Å². The zero-order valence-electron chi connectivity index (χ0n) is 12.9. The predicted octanol–water partition coefficient (Wildman–Crippen LogP) is 2.92. The van der Waals surface area contributed by atoms with Crippen LogP contribution in [0.1, 0.15) is 59.3 Å². The molecule has 0 radical (unpaired) electrons. The van der Waals surface area contributed by atoms with Crippen molar-refractivity contribution < 1.29 is 14.7 Å². The molecule has 0 spiro atoms. The van der Waals surface area contributed by atoms with Crippen LogP contribution in [0.4, 0.5) is 0 Å². The van der Waals surface area contributed by atoms with Gasteiger partial charge in [0, 0.05) is 19.0 Å². The van der Waals surface area contributed by atoms with Crippen LogP contribution in [-0.4, -0.2) is 35.0 Å². The average molecular weight is 281 g/mol. The molecule has 4 nitrogen and oxygen atoms in total. The maximum Gasteiger partial charge on any atom is 0.311 e. The summed E-state index contributed by atoms with van der Waals surface area (Å²) in [5, 5.41) is 9.37. The molecule has 0 aromatic heterocycles. The smallest absolute Gasteiger partial charge is 0.311 e. The Labute approximate surface area is 121 Å². The van der Waals surface area contributed by atoms with Gasteiger partial charge in [-0.3, -0.25) is 9.59 Å². The topological polar surface area (TPSA) is 57.6 Å². The second-order valence-corrected chi connectivity index (χ2v) is 7.52. The Bertz CT molecular complexity index is 405. The molecule has 1 amide bonds. The summed E-state index contributed by atoms with van der Waals surface area (Å²) in [6.45, 7) is 7.20. The molecule has 2 unspecified atom stereocenters. The summed E-state index contributed by atoms with van der Waals surface area (Å²) >= 11 is 0. The van der Waals surface area contributed by atoms with E-state index in [4.69, 9.17) is 0 Å². The van der Waals surface area contributed by atoms with Crippen LogP contribution in [0.3, 0.4) is 0 Å². The summed E-state index contributed by atoms with van der Waals surface area (Å²) in [6, 6.07) is 0. The van der Waals surface area contributed by atoms with Gasteiger partial charge in [-0.05, 0) is 38.0 Å². The lowest BCUT2D eigenvalue weighted by Gasteiger charge is -2.44. The normalized spacial score (nSPS) is 33.8. The van der Waals surface area contributed by atoms with Crippen molar-refractivity contribution in [2.75, 3.05) is 13.1 Å². The van der Waals surface area contributed by atoms with Crippen LogP contribution in [0, 0.1) is 16.7 Å². The first-order chi connectivity index (χ1) is 9.26. The van der Waals surface area contributed by atoms with E-state index in [9.17, 15) is 14.7 Å². The van der Waals surface area contributed by atoms with Crippen LogP contribution in [0.25, 0.3) is 0 Å². The molecule has 1 N–H and O–H groups in total. The number of rotatable bonds is 2. The van der Waals surface area contributed by atoms with Gasteiger partial charge >= 0.3 is 5.97 Å². The summed E-state index contributed by atoms with van der Waals surface area (Å²) in [5.41, 5.74) is -0.723. The van der Waals surface area contributed by atoms with E-state index >= 15 is 0 Å². The summed E-state index contributed by atoms with van der Waals surface area (Å²) < 4.78 is 0. The molecule has 0 aromatic rings. The largest absolute Gasteiger partial charge is 0.481 e. The number of carbonyl (C=O) groups excluding carboxylic acids is 1. The lowest BCUT2D eigenvalue weighted by molar-refractivity contribution is -0.156. The first-order valence-electron chi connectivity index (χ1n) is 7.78. The van der Waals surface area contributed by atoms with Crippen LogP contribution in [0.15, 0.2) is 0 Å². The van der Waals surface area contributed by atoms with E-state index in [1.807, 2.05) is 4.90 Å². The summed E-state index contributed by atoms with van der Waals surface area (Å²) in [4.78, 5) is 26.0. The molecule has 2 fully saturated rings. The number of piperidine rings is 1. The third kappa shape index (κ3) is 2.84. The number of carboxylic acids is 1. The molecule has 0 bridgehead atoms. The fraction of sp³-hybridized carbons (Fsp3) is 0.875. The molecule has 1 saturated heterocycles. The van der Waals surface area contributed by atoms with Crippen molar-refractivity contribution in [1.82, 2.24) is 4.90 Å². The second-order valence-electron chi connectivity index (χ2n) is 7.52. The molecule has 1 heterocycles. The highest BCUT2D eigenvalue weighted by atomic mass is 16.4. The molecule has 114 valence electrons. The Morgan fingerprint density at radius 1 is 1.10 bits per heavy atom. The molecule has 20 heavy (non-hydrogen) atoms. The summed E-state index contributed by atoms with van der Waals surface area (Å²) in [6.07, 6.45) is 5.81. The van der Waals surface area contributed by atoms with Crippen molar-refractivity contribution in [3.8, 4) is 0 Å². The van der Waals surface area contributed by atoms with E-state index in [0.29, 0.717) is 19.5 Å². The van der Waals surface area contributed by atoms with Gasteiger partial charge in [0.05, 0.1) is 5.41 Å². The Morgan fingerprint density at radius 2 is 1.80 bits per heavy atom. The molecule has 1 saturated carbocycles. The van der Waals surface area contributed by atoms with Gasteiger partial charge in [0.25, 0.3) is 0 Å². The molecule has 1 aliphatic carbocycles. The minimum Gasteiger partial charge on any atom is -0.481 e. The Morgan fingerprint density at radius 3 is 2.40 bits per heavy atom. The van der Waals surface area contributed by atoms with E-state index < -0.39 is 11.4 Å². The SMILES string of the molecule is CC1(C(=O)O)CCCN(C(=O)C2CCCCC2(C)C)C1. The zero-order chi connectivity index (χ0) is 15.0. The minimum absolute atomic E-state index is 0.0480. The number of amides is 1. The van der Waals surface area contributed by atoms with Crippen molar-refractivity contribution in [2.45, 2.75) is 59.3 Å². The van der Waals surface area contributed by atoms with E-state index in [1.165, 1.54) is 6.42 Å². The predicted molar refractivity (Wildman–Crippen MR) is 77.3 cm³/mol. The average Bonchev–Trinajstić information content (AvgIpc) is 2.37. The molecular weight excluding hydrogens is 254 g/mol. The number of carboxylic acid groups (broad SMARTS) is 1. The minimum atomic E-state index is -0.780. The van der Waals surface area contributed by atoms with Crippen LogP contribution in [0.2, 0.25) is 0 Å². The molecule has 2 rings (SSSR count). The molecule has 4 heteroatoms. The summed E-state index contributed by atoms with van der Waals surface area (Å²) in [7, 11) is 0. The Hall–Kier alpha value is -1.06. The van der Waals surface area contributed by atoms with Gasteiger partial charge < -0.3 is 10.0 Å². The number of hydrogen-bond acceptors (Lipinski definition) is 2. The van der Waals surface area contributed by atoms with E-state index in [-0.39, 0.29) is 17.2 Å². The van der Waals surface area contributed by atoms with E-state index in [2.05, 4.69) is 13.8 Å². The van der Waals surface area contributed by atoms with Gasteiger partial charge in [-0.1, -0.05) is 26.7 Å². The number of carbonyl (C=O) groups is 2. The van der Waals surface area contributed by atoms with Crippen LogP contribution < -0.4 is 0 Å². The Kier molecular flexibility index (Phi) is 4.12. The third-order valence-electron chi connectivity index (χ3n) is 5.33.